The van der Waals surface area contributed by atoms with Crippen molar-refractivity contribution in [2.75, 3.05) is 5.75 Å². The predicted molar refractivity (Wildman–Crippen MR) is 119 cm³/mol. The molecule has 1 saturated carbocycles. The number of hydrogen-bond acceptors (Lipinski definition) is 3. The fourth-order valence-corrected chi connectivity index (χ4v) is 4.60. The summed E-state index contributed by atoms with van der Waals surface area (Å²) in [4.78, 5) is 27.4. The third-order valence-corrected chi connectivity index (χ3v) is 6.54. The average molecular weight is 447 g/mol. The molecule has 0 aliphatic heterocycles. The molecule has 0 spiro atoms. The van der Waals surface area contributed by atoms with E-state index >= 15 is 0 Å². The molecule has 0 radical (unpaired) electrons. The number of carbonyl (C=O) groups excluding carboxylic acids is 2. The summed E-state index contributed by atoms with van der Waals surface area (Å²) < 4.78 is 27.1. The summed E-state index contributed by atoms with van der Waals surface area (Å²) in [5, 5.41) is 3.05. The van der Waals surface area contributed by atoms with Crippen molar-refractivity contribution < 1.29 is 18.4 Å². The van der Waals surface area contributed by atoms with E-state index < -0.39 is 6.04 Å². The summed E-state index contributed by atoms with van der Waals surface area (Å²) in [6.45, 7) is 1.92. The van der Waals surface area contributed by atoms with Crippen LogP contribution in [0.1, 0.15) is 43.7 Å². The smallest absolute Gasteiger partial charge is 0.242 e. The zero-order chi connectivity index (χ0) is 22.2. The first kappa shape index (κ1) is 23.3. The van der Waals surface area contributed by atoms with E-state index in [-0.39, 0.29) is 41.8 Å². The zero-order valence-electron chi connectivity index (χ0n) is 17.7. The van der Waals surface area contributed by atoms with Crippen LogP contribution in [0, 0.1) is 11.6 Å². The van der Waals surface area contributed by atoms with Crippen molar-refractivity contribution in [2.24, 2.45) is 0 Å². The number of nitrogens with zero attached hydrogens (tertiary/aromatic N) is 1. The number of hydrogen-bond donors (Lipinski definition) is 1. The highest BCUT2D eigenvalue weighted by molar-refractivity contribution is 7.99. The topological polar surface area (TPSA) is 49.4 Å². The minimum Gasteiger partial charge on any atom is -0.352 e. The van der Waals surface area contributed by atoms with Crippen molar-refractivity contribution in [2.45, 2.75) is 57.0 Å². The molecule has 1 N–H and O–H groups in total. The lowest BCUT2D eigenvalue weighted by molar-refractivity contribution is -0.138. The molecule has 1 unspecified atom stereocenters. The van der Waals surface area contributed by atoms with Crippen LogP contribution in [0.5, 0.6) is 0 Å². The first-order chi connectivity index (χ1) is 14.9. The van der Waals surface area contributed by atoms with Gasteiger partial charge in [-0.3, -0.25) is 9.59 Å². The molecule has 2 aromatic carbocycles. The number of thioether (sulfide) groups is 1. The second kappa shape index (κ2) is 11.3. The van der Waals surface area contributed by atoms with Crippen LogP contribution in [-0.4, -0.2) is 34.6 Å². The summed E-state index contributed by atoms with van der Waals surface area (Å²) in [5.74, 6) is -0.549. The van der Waals surface area contributed by atoms with E-state index in [0.29, 0.717) is 11.3 Å². The van der Waals surface area contributed by atoms with Gasteiger partial charge in [0.1, 0.15) is 17.7 Å². The minimum atomic E-state index is -0.660. The third-order valence-electron chi connectivity index (χ3n) is 5.58. The highest BCUT2D eigenvalue weighted by atomic mass is 32.2. The van der Waals surface area contributed by atoms with E-state index in [2.05, 4.69) is 5.32 Å². The van der Waals surface area contributed by atoms with Gasteiger partial charge in [-0.15, -0.1) is 11.8 Å². The third kappa shape index (κ3) is 6.79. The molecule has 166 valence electrons. The van der Waals surface area contributed by atoms with E-state index in [1.54, 1.807) is 37.3 Å². The molecule has 1 aliphatic rings. The standard InChI is InChI=1S/C24H28F2N2O2S/c1-17(24(30)27-21-7-3-4-8-21)28(14-18-10-12-20(25)13-11-18)23(29)16-31-15-19-6-2-5-9-22(19)26/h2,5-6,9-13,17,21H,3-4,7-8,14-16H2,1H3,(H,27,30). The second-order valence-corrected chi connectivity index (χ2v) is 8.88. The van der Waals surface area contributed by atoms with Gasteiger partial charge in [-0.2, -0.15) is 0 Å². The Labute approximate surface area is 186 Å². The maximum absolute atomic E-state index is 13.8. The molecule has 3 rings (SSSR count). The number of carbonyl (C=O) groups is 2. The zero-order valence-corrected chi connectivity index (χ0v) is 18.5. The average Bonchev–Trinajstić information content (AvgIpc) is 3.27. The van der Waals surface area contributed by atoms with Crippen molar-refractivity contribution in [3.05, 3.63) is 71.3 Å². The molecular formula is C24H28F2N2O2S. The first-order valence-corrected chi connectivity index (χ1v) is 11.7. The van der Waals surface area contributed by atoms with E-state index in [4.69, 9.17) is 0 Å². The summed E-state index contributed by atoms with van der Waals surface area (Å²) in [5.41, 5.74) is 1.28. The molecule has 4 nitrogen and oxygen atoms in total. The molecule has 0 heterocycles. The van der Waals surface area contributed by atoms with Gasteiger partial charge in [-0.25, -0.2) is 8.78 Å². The predicted octanol–water partition coefficient (Wildman–Crippen LogP) is 4.67. The summed E-state index contributed by atoms with van der Waals surface area (Å²) in [6, 6.07) is 11.9. The van der Waals surface area contributed by atoms with Gasteiger partial charge in [0, 0.05) is 18.3 Å². The van der Waals surface area contributed by atoms with Crippen LogP contribution in [0.25, 0.3) is 0 Å². The highest BCUT2D eigenvalue weighted by Crippen LogP contribution is 2.20. The van der Waals surface area contributed by atoms with Crippen molar-refractivity contribution in [3.63, 3.8) is 0 Å². The lowest BCUT2D eigenvalue weighted by atomic mass is 10.1. The molecule has 2 amide bonds. The van der Waals surface area contributed by atoms with Crippen LogP contribution >= 0.6 is 11.8 Å². The lowest BCUT2D eigenvalue weighted by Crippen LogP contribution is -2.50. The largest absolute Gasteiger partial charge is 0.352 e. The Hall–Kier alpha value is -2.41. The molecule has 1 aliphatic carbocycles. The van der Waals surface area contributed by atoms with Gasteiger partial charge in [-0.05, 0) is 49.1 Å². The van der Waals surface area contributed by atoms with Crippen LogP contribution in [0.3, 0.4) is 0 Å². The fraction of sp³-hybridized carbons (Fsp3) is 0.417. The van der Waals surface area contributed by atoms with Crippen LogP contribution < -0.4 is 5.32 Å². The molecule has 0 bridgehead atoms. The Morgan fingerprint density at radius 2 is 1.77 bits per heavy atom. The number of rotatable bonds is 9. The van der Waals surface area contributed by atoms with Gasteiger partial charge < -0.3 is 10.2 Å². The summed E-state index contributed by atoms with van der Waals surface area (Å²) in [7, 11) is 0. The van der Waals surface area contributed by atoms with E-state index in [1.807, 2.05) is 0 Å². The van der Waals surface area contributed by atoms with Gasteiger partial charge in [0.25, 0.3) is 0 Å². The normalized spacial score (nSPS) is 14.9. The molecule has 1 atom stereocenters. The van der Waals surface area contributed by atoms with Gasteiger partial charge in [-0.1, -0.05) is 43.2 Å². The number of nitrogens with one attached hydrogen (secondary N) is 1. The van der Waals surface area contributed by atoms with Crippen LogP contribution in [0.15, 0.2) is 48.5 Å². The fourth-order valence-electron chi connectivity index (χ4n) is 3.71. The van der Waals surface area contributed by atoms with Crippen LogP contribution in [-0.2, 0) is 21.9 Å². The quantitative estimate of drug-likeness (QED) is 0.609. The number of benzene rings is 2. The number of halogens is 2. The highest BCUT2D eigenvalue weighted by Gasteiger charge is 2.28. The first-order valence-electron chi connectivity index (χ1n) is 10.6. The Balaban J connectivity index is 1.65. The maximum atomic E-state index is 13.8. The monoisotopic (exact) mass is 446 g/mol. The lowest BCUT2D eigenvalue weighted by Gasteiger charge is -2.29. The molecule has 1 fully saturated rings. The Morgan fingerprint density at radius 3 is 2.45 bits per heavy atom. The van der Waals surface area contributed by atoms with Gasteiger partial charge in [0.15, 0.2) is 0 Å². The Bertz CT molecular complexity index is 885. The Kier molecular flexibility index (Phi) is 8.46. The van der Waals surface area contributed by atoms with Gasteiger partial charge >= 0.3 is 0 Å². The van der Waals surface area contributed by atoms with E-state index in [9.17, 15) is 18.4 Å². The van der Waals surface area contributed by atoms with Crippen molar-refractivity contribution >= 4 is 23.6 Å². The van der Waals surface area contributed by atoms with Gasteiger partial charge in [0.2, 0.25) is 11.8 Å². The minimum absolute atomic E-state index is 0.122. The molecule has 0 aromatic heterocycles. The molecule has 0 saturated heterocycles. The molecule has 7 heteroatoms. The van der Waals surface area contributed by atoms with E-state index in [0.717, 1.165) is 31.2 Å². The van der Waals surface area contributed by atoms with Crippen molar-refractivity contribution in [3.8, 4) is 0 Å². The molecule has 31 heavy (non-hydrogen) atoms. The molecule has 2 aromatic rings. The van der Waals surface area contributed by atoms with Gasteiger partial charge in [0.05, 0.1) is 5.75 Å². The number of amides is 2. The second-order valence-electron chi connectivity index (χ2n) is 7.90. The van der Waals surface area contributed by atoms with Crippen molar-refractivity contribution in [1.29, 1.82) is 0 Å². The maximum Gasteiger partial charge on any atom is 0.242 e. The van der Waals surface area contributed by atoms with E-state index in [1.165, 1.54) is 34.9 Å². The van der Waals surface area contributed by atoms with Crippen LogP contribution in [0.4, 0.5) is 8.78 Å². The van der Waals surface area contributed by atoms with Crippen molar-refractivity contribution in [1.82, 2.24) is 10.2 Å². The summed E-state index contributed by atoms with van der Waals surface area (Å²) >= 11 is 1.31. The Morgan fingerprint density at radius 1 is 1.10 bits per heavy atom. The van der Waals surface area contributed by atoms with Crippen LogP contribution in [0.2, 0.25) is 0 Å². The summed E-state index contributed by atoms with van der Waals surface area (Å²) in [6.07, 6.45) is 4.13. The molecular weight excluding hydrogens is 418 g/mol. The SMILES string of the molecule is CC(C(=O)NC1CCCC1)N(Cc1ccc(F)cc1)C(=O)CSCc1ccccc1F.